The fourth-order valence-electron chi connectivity index (χ4n) is 2.88. The van der Waals surface area contributed by atoms with Crippen LogP contribution < -0.4 is 10.6 Å². The number of aliphatic hydroxyl groups excluding tert-OH is 1. The van der Waals surface area contributed by atoms with Crippen LogP contribution in [0.15, 0.2) is 6.07 Å². The summed E-state index contributed by atoms with van der Waals surface area (Å²) in [5.74, 6) is 1.68. The van der Waals surface area contributed by atoms with Gasteiger partial charge in [-0.15, -0.1) is 11.3 Å². The van der Waals surface area contributed by atoms with Crippen molar-refractivity contribution in [3.05, 3.63) is 10.9 Å². The second-order valence-electron chi connectivity index (χ2n) is 5.55. The summed E-state index contributed by atoms with van der Waals surface area (Å²) >= 11 is 1.65. The number of thiophene rings is 1. The van der Waals surface area contributed by atoms with E-state index in [0.29, 0.717) is 11.9 Å². The molecule has 1 fully saturated rings. The van der Waals surface area contributed by atoms with Crippen LogP contribution in [-0.2, 0) is 0 Å². The predicted molar refractivity (Wildman–Crippen MR) is 83.2 cm³/mol. The molecular weight excluding hydrogens is 272 g/mol. The largest absolute Gasteiger partial charge is 0.393 e. The van der Waals surface area contributed by atoms with Crippen LogP contribution in [0.2, 0.25) is 0 Å². The molecule has 1 saturated heterocycles. The average Bonchev–Trinajstić information content (AvgIpc) is 2.78. The van der Waals surface area contributed by atoms with Gasteiger partial charge in [0.25, 0.3) is 0 Å². The Morgan fingerprint density at radius 2 is 2.10 bits per heavy atom. The summed E-state index contributed by atoms with van der Waals surface area (Å²) in [6.07, 6.45) is 1.76. The van der Waals surface area contributed by atoms with E-state index in [0.717, 1.165) is 42.0 Å². The first-order chi connectivity index (χ1) is 9.54. The van der Waals surface area contributed by atoms with E-state index >= 15 is 0 Å². The van der Waals surface area contributed by atoms with Crippen molar-refractivity contribution in [1.82, 2.24) is 9.97 Å². The fourth-order valence-corrected chi connectivity index (χ4v) is 3.76. The Balaban J connectivity index is 1.91. The van der Waals surface area contributed by atoms with Crippen LogP contribution >= 0.6 is 11.3 Å². The summed E-state index contributed by atoms with van der Waals surface area (Å²) in [4.78, 5) is 13.2. The number of hydrogen-bond donors (Lipinski definition) is 2. The van der Waals surface area contributed by atoms with Gasteiger partial charge < -0.3 is 15.7 Å². The number of fused-ring (bicyclic) bond motifs is 1. The number of aromatic nitrogens is 2. The lowest BCUT2D eigenvalue weighted by molar-refractivity contribution is 0.110. The molecule has 0 aromatic carbocycles. The first-order valence-corrected chi connectivity index (χ1v) is 7.83. The predicted octanol–water partition coefficient (Wildman–Crippen LogP) is 2.18. The highest BCUT2D eigenvalue weighted by atomic mass is 32.1. The molecule has 3 N–H and O–H groups in total. The van der Waals surface area contributed by atoms with Crippen molar-refractivity contribution in [3.63, 3.8) is 0 Å². The van der Waals surface area contributed by atoms with Crippen molar-refractivity contribution in [2.45, 2.75) is 32.8 Å². The molecule has 0 radical (unpaired) electrons. The van der Waals surface area contributed by atoms with Gasteiger partial charge in [0.15, 0.2) is 0 Å². The van der Waals surface area contributed by atoms with Crippen LogP contribution in [0.25, 0.3) is 10.2 Å². The Morgan fingerprint density at radius 1 is 1.40 bits per heavy atom. The summed E-state index contributed by atoms with van der Waals surface area (Å²) in [6, 6.07) is 2.13. The normalized spacial score (nSPS) is 18.6. The van der Waals surface area contributed by atoms with Crippen LogP contribution in [0.3, 0.4) is 0 Å². The number of aryl methyl sites for hydroxylation is 1. The maximum absolute atomic E-state index is 9.69. The summed E-state index contributed by atoms with van der Waals surface area (Å²) in [5, 5.41) is 10.8. The minimum Gasteiger partial charge on any atom is -0.393 e. The van der Waals surface area contributed by atoms with Crippen LogP contribution in [-0.4, -0.2) is 34.3 Å². The summed E-state index contributed by atoms with van der Waals surface area (Å²) < 4.78 is 0. The van der Waals surface area contributed by atoms with E-state index in [2.05, 4.69) is 27.9 Å². The molecule has 1 aliphatic heterocycles. The first kappa shape index (κ1) is 13.6. The van der Waals surface area contributed by atoms with Crippen molar-refractivity contribution in [3.8, 4) is 0 Å². The number of rotatable bonds is 2. The van der Waals surface area contributed by atoms with Crippen molar-refractivity contribution in [2.24, 2.45) is 5.92 Å². The van der Waals surface area contributed by atoms with Gasteiger partial charge in [-0.05, 0) is 38.7 Å². The molecule has 1 atom stereocenters. The van der Waals surface area contributed by atoms with E-state index in [1.807, 2.05) is 6.92 Å². The highest BCUT2D eigenvalue weighted by molar-refractivity contribution is 7.18. The van der Waals surface area contributed by atoms with Crippen molar-refractivity contribution in [2.75, 3.05) is 23.7 Å². The molecule has 2 aromatic rings. The van der Waals surface area contributed by atoms with E-state index in [9.17, 15) is 5.11 Å². The number of piperidine rings is 1. The molecule has 3 rings (SSSR count). The highest BCUT2D eigenvalue weighted by Gasteiger charge is 2.25. The molecule has 1 unspecified atom stereocenters. The number of nitrogen functional groups attached to an aromatic ring is 1. The molecule has 108 valence electrons. The number of anilines is 2. The molecule has 6 heteroatoms. The maximum atomic E-state index is 9.69. The molecule has 0 bridgehead atoms. The average molecular weight is 292 g/mol. The Hall–Kier alpha value is -1.40. The molecule has 0 aliphatic carbocycles. The maximum Gasteiger partial charge on any atom is 0.223 e. The van der Waals surface area contributed by atoms with Crippen LogP contribution in [0.5, 0.6) is 0 Å². The first-order valence-electron chi connectivity index (χ1n) is 7.01. The van der Waals surface area contributed by atoms with E-state index in [1.54, 1.807) is 11.3 Å². The molecule has 0 saturated carbocycles. The second kappa shape index (κ2) is 5.18. The van der Waals surface area contributed by atoms with Gasteiger partial charge in [-0.2, -0.15) is 4.98 Å². The van der Waals surface area contributed by atoms with Gasteiger partial charge in [-0.25, -0.2) is 4.98 Å². The molecular formula is C14H20N4OS. The quantitative estimate of drug-likeness (QED) is 0.887. The molecule has 1 aliphatic rings. The zero-order valence-corrected chi connectivity index (χ0v) is 12.7. The fraction of sp³-hybridized carbons (Fsp3) is 0.571. The molecule has 3 heterocycles. The van der Waals surface area contributed by atoms with Gasteiger partial charge in [0.2, 0.25) is 5.95 Å². The Labute approximate surface area is 122 Å². The van der Waals surface area contributed by atoms with Gasteiger partial charge in [0.05, 0.1) is 11.5 Å². The van der Waals surface area contributed by atoms with Gasteiger partial charge in [0.1, 0.15) is 10.6 Å². The van der Waals surface area contributed by atoms with Crippen molar-refractivity contribution < 1.29 is 5.11 Å². The zero-order chi connectivity index (χ0) is 14.3. The Bertz CT molecular complexity index is 617. The van der Waals surface area contributed by atoms with Gasteiger partial charge in [-0.3, -0.25) is 0 Å². The minimum absolute atomic E-state index is 0.226. The third-order valence-electron chi connectivity index (χ3n) is 4.03. The smallest absolute Gasteiger partial charge is 0.223 e. The molecule has 0 spiro atoms. The third-order valence-corrected chi connectivity index (χ3v) is 4.98. The van der Waals surface area contributed by atoms with Crippen LogP contribution in [0.1, 0.15) is 24.6 Å². The Kier molecular flexibility index (Phi) is 3.52. The monoisotopic (exact) mass is 292 g/mol. The van der Waals surface area contributed by atoms with Crippen molar-refractivity contribution >= 4 is 33.3 Å². The lowest BCUT2D eigenvalue weighted by Crippen LogP contribution is -2.37. The van der Waals surface area contributed by atoms with E-state index in [1.165, 1.54) is 4.88 Å². The molecule has 5 nitrogen and oxygen atoms in total. The van der Waals surface area contributed by atoms with E-state index < -0.39 is 0 Å². The number of nitrogens with two attached hydrogens (primary N) is 1. The lowest BCUT2D eigenvalue weighted by Gasteiger charge is -2.34. The summed E-state index contributed by atoms with van der Waals surface area (Å²) in [7, 11) is 0. The number of hydrogen-bond acceptors (Lipinski definition) is 6. The van der Waals surface area contributed by atoms with Crippen LogP contribution in [0, 0.1) is 12.8 Å². The SMILES string of the molecule is Cc1cc2c(N3CCC(C(C)O)CC3)nc(N)nc2s1. The minimum atomic E-state index is -0.226. The van der Waals surface area contributed by atoms with Crippen LogP contribution in [0.4, 0.5) is 11.8 Å². The van der Waals surface area contributed by atoms with E-state index in [4.69, 9.17) is 5.73 Å². The zero-order valence-electron chi connectivity index (χ0n) is 11.8. The van der Waals surface area contributed by atoms with E-state index in [-0.39, 0.29) is 6.10 Å². The van der Waals surface area contributed by atoms with Crippen molar-refractivity contribution in [1.29, 1.82) is 0 Å². The summed E-state index contributed by atoms with van der Waals surface area (Å²) in [6.45, 7) is 5.78. The lowest BCUT2D eigenvalue weighted by atomic mass is 9.92. The molecule has 0 amide bonds. The number of aliphatic hydroxyl groups is 1. The standard InChI is InChI=1S/C14H20N4OS/c1-8-7-11-12(16-14(15)17-13(11)20-8)18-5-3-10(4-6-18)9(2)19/h7,9-10,19H,3-6H2,1-2H3,(H2,15,16,17). The second-order valence-corrected chi connectivity index (χ2v) is 6.78. The summed E-state index contributed by atoms with van der Waals surface area (Å²) in [5.41, 5.74) is 5.83. The van der Waals surface area contributed by atoms with Gasteiger partial charge >= 0.3 is 0 Å². The third kappa shape index (κ3) is 2.45. The number of nitrogens with zero attached hydrogens (tertiary/aromatic N) is 3. The molecule has 20 heavy (non-hydrogen) atoms. The Morgan fingerprint density at radius 3 is 2.75 bits per heavy atom. The van der Waals surface area contributed by atoms with Gasteiger partial charge in [-0.1, -0.05) is 0 Å². The highest BCUT2D eigenvalue weighted by Crippen LogP contribution is 2.33. The van der Waals surface area contributed by atoms with Gasteiger partial charge in [0, 0.05) is 18.0 Å². The molecule has 2 aromatic heterocycles. The topological polar surface area (TPSA) is 75.3 Å².